The van der Waals surface area contributed by atoms with Gasteiger partial charge in [-0.05, 0) is 44.4 Å². The Hall–Kier alpha value is -3.03. The van der Waals surface area contributed by atoms with E-state index in [-0.39, 0.29) is 5.91 Å². The molecular formula is C19H23N7O. The molecule has 1 saturated heterocycles. The largest absolute Gasteiger partial charge is 0.350 e. The number of hydrogen-bond acceptors (Lipinski definition) is 6. The standard InChI is InChI=1S/C19H23N7O/c1-14-13-15(22-19(21-14)25-10-4-2-5-11-25)18(27)20-9-8-17-24-23-16-7-3-6-12-26(16)17/h3,6-7,12-13H,2,4-5,8-11H2,1H3,(H,20,27). The summed E-state index contributed by atoms with van der Waals surface area (Å²) in [5.74, 6) is 1.29. The molecule has 0 unspecified atom stereocenters. The van der Waals surface area contributed by atoms with Crippen molar-refractivity contribution in [2.24, 2.45) is 0 Å². The Morgan fingerprint density at radius 3 is 2.85 bits per heavy atom. The van der Waals surface area contributed by atoms with Crippen LogP contribution in [0.4, 0.5) is 5.95 Å². The Morgan fingerprint density at radius 2 is 2.00 bits per heavy atom. The number of aryl methyl sites for hydroxylation is 1. The maximum atomic E-state index is 12.6. The number of aromatic nitrogens is 5. The Balaban J connectivity index is 1.41. The number of hydrogen-bond donors (Lipinski definition) is 1. The second-order valence-corrected chi connectivity index (χ2v) is 6.79. The van der Waals surface area contributed by atoms with E-state index in [1.165, 1.54) is 6.42 Å². The first kappa shape index (κ1) is 17.4. The summed E-state index contributed by atoms with van der Waals surface area (Å²) in [4.78, 5) is 23.7. The third-order valence-electron chi connectivity index (χ3n) is 4.73. The van der Waals surface area contributed by atoms with Gasteiger partial charge in [0.05, 0.1) is 0 Å². The fourth-order valence-corrected chi connectivity index (χ4v) is 3.34. The molecule has 0 radical (unpaired) electrons. The lowest BCUT2D eigenvalue weighted by atomic mass is 10.1. The third-order valence-corrected chi connectivity index (χ3v) is 4.73. The third kappa shape index (κ3) is 3.89. The molecule has 4 heterocycles. The van der Waals surface area contributed by atoms with Crippen LogP contribution in [0.2, 0.25) is 0 Å². The first-order valence-electron chi connectivity index (χ1n) is 9.38. The predicted molar refractivity (Wildman–Crippen MR) is 102 cm³/mol. The lowest BCUT2D eigenvalue weighted by molar-refractivity contribution is 0.0948. The normalized spacial score (nSPS) is 14.5. The summed E-state index contributed by atoms with van der Waals surface area (Å²) in [5.41, 5.74) is 2.02. The van der Waals surface area contributed by atoms with Gasteiger partial charge in [-0.25, -0.2) is 9.97 Å². The van der Waals surface area contributed by atoms with Gasteiger partial charge in [0.15, 0.2) is 5.65 Å². The van der Waals surface area contributed by atoms with E-state index in [0.29, 0.717) is 24.6 Å². The van der Waals surface area contributed by atoms with E-state index in [9.17, 15) is 4.79 Å². The van der Waals surface area contributed by atoms with Crippen molar-refractivity contribution in [3.05, 3.63) is 47.7 Å². The number of rotatable bonds is 5. The smallest absolute Gasteiger partial charge is 0.270 e. The molecule has 0 saturated carbocycles. The number of piperidine rings is 1. The summed E-state index contributed by atoms with van der Waals surface area (Å²) in [7, 11) is 0. The zero-order chi connectivity index (χ0) is 18.6. The number of fused-ring (bicyclic) bond motifs is 1. The minimum absolute atomic E-state index is 0.187. The second kappa shape index (κ2) is 7.69. The van der Waals surface area contributed by atoms with Crippen LogP contribution in [0.5, 0.6) is 0 Å². The molecule has 0 atom stereocenters. The lowest BCUT2D eigenvalue weighted by Gasteiger charge is -2.27. The molecule has 1 amide bonds. The Kier molecular flexibility index (Phi) is 4.95. The number of amides is 1. The number of nitrogens with zero attached hydrogens (tertiary/aromatic N) is 6. The molecule has 8 heteroatoms. The summed E-state index contributed by atoms with van der Waals surface area (Å²) < 4.78 is 1.93. The van der Waals surface area contributed by atoms with E-state index < -0.39 is 0 Å². The molecule has 0 aromatic carbocycles. The molecule has 0 aliphatic carbocycles. The highest BCUT2D eigenvalue weighted by Crippen LogP contribution is 2.16. The molecule has 1 aliphatic heterocycles. The van der Waals surface area contributed by atoms with Crippen molar-refractivity contribution in [3.63, 3.8) is 0 Å². The molecule has 3 aromatic heterocycles. The van der Waals surface area contributed by atoms with Crippen LogP contribution in [-0.4, -0.2) is 50.1 Å². The van der Waals surface area contributed by atoms with Gasteiger partial charge < -0.3 is 10.2 Å². The Morgan fingerprint density at radius 1 is 1.15 bits per heavy atom. The highest BCUT2D eigenvalue weighted by molar-refractivity contribution is 5.92. The van der Waals surface area contributed by atoms with Gasteiger partial charge in [0.2, 0.25) is 5.95 Å². The van der Waals surface area contributed by atoms with Crippen LogP contribution >= 0.6 is 0 Å². The van der Waals surface area contributed by atoms with Crippen molar-refractivity contribution >= 4 is 17.5 Å². The highest BCUT2D eigenvalue weighted by atomic mass is 16.1. The van der Waals surface area contributed by atoms with Crippen LogP contribution in [-0.2, 0) is 6.42 Å². The minimum Gasteiger partial charge on any atom is -0.350 e. The van der Waals surface area contributed by atoms with Crippen LogP contribution in [0.15, 0.2) is 30.5 Å². The lowest BCUT2D eigenvalue weighted by Crippen LogP contribution is -2.33. The van der Waals surface area contributed by atoms with E-state index in [1.807, 2.05) is 35.7 Å². The van der Waals surface area contributed by atoms with Gasteiger partial charge in [0.1, 0.15) is 11.5 Å². The Bertz CT molecular complexity index is 946. The zero-order valence-electron chi connectivity index (χ0n) is 15.4. The number of pyridine rings is 1. The fourth-order valence-electron chi connectivity index (χ4n) is 3.34. The van der Waals surface area contributed by atoms with Crippen LogP contribution < -0.4 is 10.2 Å². The van der Waals surface area contributed by atoms with E-state index in [4.69, 9.17) is 0 Å². The average molecular weight is 365 g/mol. The Labute approximate surface area is 157 Å². The summed E-state index contributed by atoms with van der Waals surface area (Å²) in [5, 5.41) is 11.2. The first-order valence-corrected chi connectivity index (χ1v) is 9.38. The van der Waals surface area contributed by atoms with E-state index in [0.717, 1.165) is 43.1 Å². The van der Waals surface area contributed by atoms with Crippen molar-refractivity contribution in [3.8, 4) is 0 Å². The number of carbonyl (C=O) groups excluding carboxylic acids is 1. The molecule has 140 valence electrons. The molecule has 3 aromatic rings. The molecule has 27 heavy (non-hydrogen) atoms. The molecule has 1 fully saturated rings. The molecule has 0 spiro atoms. The van der Waals surface area contributed by atoms with E-state index >= 15 is 0 Å². The van der Waals surface area contributed by atoms with Crippen molar-refractivity contribution in [1.82, 2.24) is 29.9 Å². The van der Waals surface area contributed by atoms with Gasteiger partial charge in [0.25, 0.3) is 5.91 Å². The summed E-state index contributed by atoms with van der Waals surface area (Å²) in [6.07, 6.45) is 6.05. The van der Waals surface area contributed by atoms with Gasteiger partial charge in [-0.3, -0.25) is 9.20 Å². The SMILES string of the molecule is Cc1cc(C(=O)NCCc2nnc3ccccn23)nc(N2CCCCC2)n1. The molecule has 1 N–H and O–H groups in total. The van der Waals surface area contributed by atoms with Gasteiger partial charge >= 0.3 is 0 Å². The van der Waals surface area contributed by atoms with Crippen molar-refractivity contribution in [2.45, 2.75) is 32.6 Å². The van der Waals surface area contributed by atoms with Crippen LogP contribution in [0.1, 0.15) is 41.3 Å². The molecule has 0 bridgehead atoms. The quantitative estimate of drug-likeness (QED) is 0.742. The zero-order valence-corrected chi connectivity index (χ0v) is 15.4. The second-order valence-electron chi connectivity index (χ2n) is 6.79. The monoisotopic (exact) mass is 365 g/mol. The fraction of sp³-hybridized carbons (Fsp3) is 0.421. The minimum atomic E-state index is -0.187. The van der Waals surface area contributed by atoms with Gasteiger partial charge in [-0.2, -0.15) is 0 Å². The number of anilines is 1. The van der Waals surface area contributed by atoms with Gasteiger partial charge in [-0.1, -0.05) is 6.07 Å². The first-order chi connectivity index (χ1) is 13.2. The van der Waals surface area contributed by atoms with E-state index in [2.05, 4.69) is 30.4 Å². The number of nitrogens with one attached hydrogen (secondary N) is 1. The average Bonchev–Trinajstić information content (AvgIpc) is 3.11. The maximum Gasteiger partial charge on any atom is 0.270 e. The summed E-state index contributed by atoms with van der Waals surface area (Å²) >= 11 is 0. The van der Waals surface area contributed by atoms with Crippen LogP contribution in [0.3, 0.4) is 0 Å². The summed E-state index contributed by atoms with van der Waals surface area (Å²) in [6, 6.07) is 7.49. The molecule has 8 nitrogen and oxygen atoms in total. The van der Waals surface area contributed by atoms with E-state index in [1.54, 1.807) is 6.07 Å². The van der Waals surface area contributed by atoms with Gasteiger partial charge in [-0.15, -0.1) is 10.2 Å². The topological polar surface area (TPSA) is 88.3 Å². The van der Waals surface area contributed by atoms with Crippen LogP contribution in [0.25, 0.3) is 5.65 Å². The summed E-state index contributed by atoms with van der Waals surface area (Å²) in [6.45, 7) is 4.26. The molecule has 4 rings (SSSR count). The highest BCUT2D eigenvalue weighted by Gasteiger charge is 2.17. The van der Waals surface area contributed by atoms with Crippen LogP contribution in [0, 0.1) is 6.92 Å². The van der Waals surface area contributed by atoms with Crippen molar-refractivity contribution < 1.29 is 4.79 Å². The number of carbonyl (C=O) groups is 1. The van der Waals surface area contributed by atoms with Gasteiger partial charge in [0, 0.05) is 37.9 Å². The molecule has 1 aliphatic rings. The van der Waals surface area contributed by atoms with Crippen molar-refractivity contribution in [1.29, 1.82) is 0 Å². The predicted octanol–water partition coefficient (Wildman–Crippen LogP) is 1.79. The maximum absolute atomic E-state index is 12.6. The molecular weight excluding hydrogens is 342 g/mol. The van der Waals surface area contributed by atoms with Crippen molar-refractivity contribution in [2.75, 3.05) is 24.5 Å².